The predicted octanol–water partition coefficient (Wildman–Crippen LogP) is 6.86. The Kier molecular flexibility index (Phi) is 10.4. The molecule has 3 rings (SSSR count). The topological polar surface area (TPSA) is 49.4 Å². The van der Waals surface area contributed by atoms with Crippen molar-refractivity contribution in [2.75, 3.05) is 5.75 Å². The van der Waals surface area contributed by atoms with Gasteiger partial charge in [-0.3, -0.25) is 9.59 Å². The number of amides is 2. The second-order valence-electron chi connectivity index (χ2n) is 8.40. The summed E-state index contributed by atoms with van der Waals surface area (Å²) in [5.74, 6) is 0.699. The molecule has 0 aromatic heterocycles. The maximum Gasteiger partial charge on any atom is 0.242 e. The van der Waals surface area contributed by atoms with E-state index in [0.717, 1.165) is 41.3 Å². The van der Waals surface area contributed by atoms with Crippen LogP contribution in [0.2, 0.25) is 10.0 Å². The van der Waals surface area contributed by atoms with Crippen molar-refractivity contribution in [1.82, 2.24) is 10.2 Å². The van der Waals surface area contributed by atoms with Gasteiger partial charge in [-0.25, -0.2) is 0 Å². The fraction of sp³-hybridized carbons (Fsp3) is 0.440. The minimum atomic E-state index is -0.553. The van der Waals surface area contributed by atoms with E-state index in [1.165, 1.54) is 18.2 Å². The average Bonchev–Trinajstić information content (AvgIpc) is 2.80. The largest absolute Gasteiger partial charge is 0.352 e. The summed E-state index contributed by atoms with van der Waals surface area (Å²) in [5, 5.41) is 4.34. The van der Waals surface area contributed by atoms with Crippen LogP contribution < -0.4 is 5.32 Å². The zero-order valence-corrected chi connectivity index (χ0v) is 22.6. The van der Waals surface area contributed by atoms with Crippen LogP contribution in [0, 0.1) is 0 Å². The lowest BCUT2D eigenvalue weighted by atomic mass is 9.95. The van der Waals surface area contributed by atoms with Crippen LogP contribution >= 0.6 is 50.9 Å². The van der Waals surface area contributed by atoms with E-state index >= 15 is 0 Å². The number of hydrogen-bond acceptors (Lipinski definition) is 3. The third-order valence-corrected chi connectivity index (χ3v) is 7.97. The first-order chi connectivity index (χ1) is 15.8. The average molecular weight is 572 g/mol. The Bertz CT molecular complexity index is 952. The molecule has 2 aromatic carbocycles. The van der Waals surface area contributed by atoms with Gasteiger partial charge < -0.3 is 10.2 Å². The highest BCUT2D eigenvalue weighted by atomic mass is 79.9. The Balaban J connectivity index is 1.65. The number of thioether (sulfide) groups is 1. The molecule has 4 nitrogen and oxygen atoms in total. The van der Waals surface area contributed by atoms with E-state index in [1.807, 2.05) is 37.3 Å². The molecule has 0 spiro atoms. The maximum absolute atomic E-state index is 13.2. The van der Waals surface area contributed by atoms with Crippen LogP contribution in [-0.4, -0.2) is 34.6 Å². The molecule has 8 heteroatoms. The van der Waals surface area contributed by atoms with Gasteiger partial charge in [0.15, 0.2) is 0 Å². The first-order valence-electron chi connectivity index (χ1n) is 11.2. The third kappa shape index (κ3) is 8.20. The monoisotopic (exact) mass is 570 g/mol. The fourth-order valence-corrected chi connectivity index (χ4v) is 5.64. The lowest BCUT2D eigenvalue weighted by molar-refractivity contribution is -0.139. The van der Waals surface area contributed by atoms with Crippen LogP contribution in [0.25, 0.3) is 0 Å². The van der Waals surface area contributed by atoms with Gasteiger partial charge in [-0.05, 0) is 55.2 Å². The van der Waals surface area contributed by atoms with E-state index in [9.17, 15) is 9.59 Å². The SMILES string of the molecule is C[C@H](C(=O)NC1CCCCC1)N(Cc1ccc(Br)cc1)C(=O)CSCc1ccc(Cl)cc1Cl. The highest BCUT2D eigenvalue weighted by molar-refractivity contribution is 9.10. The summed E-state index contributed by atoms with van der Waals surface area (Å²) in [4.78, 5) is 27.9. The molecule has 0 radical (unpaired) electrons. The smallest absolute Gasteiger partial charge is 0.242 e. The summed E-state index contributed by atoms with van der Waals surface area (Å²) in [7, 11) is 0. The van der Waals surface area contributed by atoms with Gasteiger partial charge in [0.2, 0.25) is 11.8 Å². The number of nitrogens with one attached hydrogen (secondary N) is 1. The first-order valence-corrected chi connectivity index (χ1v) is 13.9. The second-order valence-corrected chi connectivity index (χ2v) is 11.1. The minimum absolute atomic E-state index is 0.0701. The molecule has 0 heterocycles. The fourth-order valence-electron chi connectivity index (χ4n) is 3.91. The molecule has 0 unspecified atom stereocenters. The molecule has 0 aliphatic heterocycles. The summed E-state index contributed by atoms with van der Waals surface area (Å²) in [6, 6.07) is 12.9. The summed E-state index contributed by atoms with van der Waals surface area (Å²) >= 11 is 17.2. The highest BCUT2D eigenvalue weighted by Crippen LogP contribution is 2.25. The van der Waals surface area contributed by atoms with Crippen molar-refractivity contribution in [3.8, 4) is 0 Å². The molecule has 33 heavy (non-hydrogen) atoms. The number of rotatable bonds is 9. The molecule has 178 valence electrons. The summed E-state index contributed by atoms with van der Waals surface area (Å²) < 4.78 is 0.975. The molecule has 2 aromatic rings. The lowest BCUT2D eigenvalue weighted by Crippen LogP contribution is -2.50. The zero-order valence-electron chi connectivity index (χ0n) is 18.7. The van der Waals surface area contributed by atoms with Crippen LogP contribution in [0.15, 0.2) is 46.9 Å². The van der Waals surface area contributed by atoms with E-state index in [4.69, 9.17) is 23.2 Å². The molecule has 1 N–H and O–H groups in total. The van der Waals surface area contributed by atoms with Crippen LogP contribution in [0.3, 0.4) is 0 Å². The Hall–Kier alpha value is -1.21. The molecule has 0 bridgehead atoms. The molecule has 1 fully saturated rings. The van der Waals surface area contributed by atoms with Crippen molar-refractivity contribution in [3.05, 3.63) is 68.1 Å². The summed E-state index contributed by atoms with van der Waals surface area (Å²) in [5.41, 5.74) is 1.91. The summed E-state index contributed by atoms with van der Waals surface area (Å²) in [6.07, 6.45) is 5.54. The molecule has 1 aliphatic carbocycles. The Morgan fingerprint density at radius 3 is 2.48 bits per heavy atom. The van der Waals surface area contributed by atoms with Crippen molar-refractivity contribution in [3.63, 3.8) is 0 Å². The zero-order chi connectivity index (χ0) is 23.8. The van der Waals surface area contributed by atoms with Crippen molar-refractivity contribution in [2.24, 2.45) is 0 Å². The standard InChI is InChI=1S/C25H29BrCl2N2O2S/c1-17(25(32)29-22-5-3-2-4-6-22)30(14-18-7-10-20(26)11-8-18)24(31)16-33-15-19-9-12-21(27)13-23(19)28/h7-13,17,22H,2-6,14-16H2,1H3,(H,29,32)/t17-/m1/s1. The van der Waals surface area contributed by atoms with Gasteiger partial charge in [-0.2, -0.15) is 0 Å². The van der Waals surface area contributed by atoms with E-state index in [-0.39, 0.29) is 23.6 Å². The number of nitrogens with zero attached hydrogens (tertiary/aromatic N) is 1. The molecular weight excluding hydrogens is 543 g/mol. The van der Waals surface area contributed by atoms with Gasteiger partial charge in [0.1, 0.15) is 6.04 Å². The quantitative estimate of drug-likeness (QED) is 0.358. The highest BCUT2D eigenvalue weighted by Gasteiger charge is 2.28. The van der Waals surface area contributed by atoms with Crippen LogP contribution in [0.1, 0.15) is 50.2 Å². The molecular formula is C25H29BrCl2N2O2S. The van der Waals surface area contributed by atoms with Gasteiger partial charge in [0.25, 0.3) is 0 Å². The summed E-state index contributed by atoms with van der Waals surface area (Å²) in [6.45, 7) is 2.20. The Morgan fingerprint density at radius 2 is 1.82 bits per heavy atom. The molecule has 1 saturated carbocycles. The normalized spacial score (nSPS) is 15.2. The molecule has 0 saturated heterocycles. The van der Waals surface area contributed by atoms with Crippen molar-refractivity contribution >= 4 is 62.7 Å². The third-order valence-electron chi connectivity index (χ3n) is 5.88. The molecule has 1 aliphatic rings. The van der Waals surface area contributed by atoms with E-state index in [1.54, 1.807) is 17.0 Å². The van der Waals surface area contributed by atoms with Gasteiger partial charge in [0.05, 0.1) is 5.75 Å². The van der Waals surface area contributed by atoms with Crippen molar-refractivity contribution in [1.29, 1.82) is 0 Å². The maximum atomic E-state index is 13.2. The van der Waals surface area contributed by atoms with Gasteiger partial charge in [-0.1, -0.05) is 76.6 Å². The van der Waals surface area contributed by atoms with Crippen LogP contribution in [-0.2, 0) is 21.9 Å². The Labute approximate surface area is 218 Å². The molecule has 1 atom stereocenters. The van der Waals surface area contributed by atoms with E-state index < -0.39 is 6.04 Å². The van der Waals surface area contributed by atoms with Crippen molar-refractivity contribution in [2.45, 2.75) is 63.4 Å². The second kappa shape index (κ2) is 13.0. The van der Waals surface area contributed by atoms with Crippen LogP contribution in [0.4, 0.5) is 0 Å². The van der Waals surface area contributed by atoms with Crippen LogP contribution in [0.5, 0.6) is 0 Å². The number of carbonyl (C=O) groups is 2. The van der Waals surface area contributed by atoms with Crippen molar-refractivity contribution < 1.29 is 9.59 Å². The van der Waals surface area contributed by atoms with E-state index in [0.29, 0.717) is 22.3 Å². The number of carbonyl (C=O) groups excluding carboxylic acids is 2. The number of hydrogen-bond donors (Lipinski definition) is 1. The van der Waals surface area contributed by atoms with E-state index in [2.05, 4.69) is 21.2 Å². The molecule has 2 amide bonds. The first kappa shape index (κ1) is 26.4. The number of benzene rings is 2. The predicted molar refractivity (Wildman–Crippen MR) is 142 cm³/mol. The Morgan fingerprint density at radius 1 is 1.12 bits per heavy atom. The van der Waals surface area contributed by atoms with Gasteiger partial charge >= 0.3 is 0 Å². The minimum Gasteiger partial charge on any atom is -0.352 e. The van der Waals surface area contributed by atoms with Gasteiger partial charge in [0, 0.05) is 32.9 Å². The number of halogens is 3. The lowest BCUT2D eigenvalue weighted by Gasteiger charge is -2.31. The van der Waals surface area contributed by atoms with Gasteiger partial charge in [-0.15, -0.1) is 11.8 Å².